The zero-order chi connectivity index (χ0) is 15.5. The zero-order valence-electron chi connectivity index (χ0n) is 12.0. The van der Waals surface area contributed by atoms with Crippen LogP contribution in [0.2, 0.25) is 0 Å². The molecular weight excluding hydrogens is 283 g/mol. The van der Waals surface area contributed by atoms with Crippen LogP contribution in [-0.2, 0) is 6.54 Å². The number of nitrogens with one attached hydrogen (secondary N) is 1. The van der Waals surface area contributed by atoms with Gasteiger partial charge in [0.05, 0.1) is 0 Å². The van der Waals surface area contributed by atoms with Crippen molar-refractivity contribution in [2.45, 2.75) is 25.6 Å². The van der Waals surface area contributed by atoms with Crippen LogP contribution in [0, 0.1) is 5.92 Å². The topological polar surface area (TPSA) is 37.3 Å². The van der Waals surface area contributed by atoms with Crippen molar-refractivity contribution in [3.63, 3.8) is 0 Å². The number of aromatic nitrogens is 1. The van der Waals surface area contributed by atoms with Crippen LogP contribution in [0.4, 0.5) is 13.2 Å². The summed E-state index contributed by atoms with van der Waals surface area (Å²) in [7, 11) is 1.86. The standard InChI is InChI=1S/C14H20F3N3O/c1-18-8-11-4-2-6-19(9-11)13(21)12-5-3-7-20(12)10-14(15,16)17/h3,5,7,11,18H,2,4,6,8-10H2,1H3. The molecule has 0 aliphatic carbocycles. The van der Waals surface area contributed by atoms with Gasteiger partial charge in [-0.25, -0.2) is 0 Å². The average molecular weight is 303 g/mol. The number of hydrogen-bond donors (Lipinski definition) is 1. The van der Waals surface area contributed by atoms with Crippen LogP contribution in [0.1, 0.15) is 23.3 Å². The number of hydrogen-bond acceptors (Lipinski definition) is 2. The minimum Gasteiger partial charge on any atom is -0.337 e. The van der Waals surface area contributed by atoms with Crippen molar-refractivity contribution in [3.8, 4) is 0 Å². The van der Waals surface area contributed by atoms with Gasteiger partial charge in [-0.15, -0.1) is 0 Å². The van der Waals surface area contributed by atoms with Gasteiger partial charge in [-0.3, -0.25) is 4.79 Å². The first-order chi connectivity index (χ1) is 9.90. The monoisotopic (exact) mass is 303 g/mol. The van der Waals surface area contributed by atoms with E-state index in [1.54, 1.807) is 4.90 Å². The van der Waals surface area contributed by atoms with Crippen molar-refractivity contribution in [2.24, 2.45) is 5.92 Å². The van der Waals surface area contributed by atoms with E-state index in [4.69, 9.17) is 0 Å². The summed E-state index contributed by atoms with van der Waals surface area (Å²) in [6.45, 7) is 0.884. The highest BCUT2D eigenvalue weighted by Crippen LogP contribution is 2.22. The van der Waals surface area contributed by atoms with Gasteiger partial charge in [0, 0.05) is 19.3 Å². The third kappa shape index (κ3) is 4.23. The summed E-state index contributed by atoms with van der Waals surface area (Å²) >= 11 is 0. The summed E-state index contributed by atoms with van der Waals surface area (Å²) in [6, 6.07) is 2.93. The summed E-state index contributed by atoms with van der Waals surface area (Å²) < 4.78 is 38.5. The van der Waals surface area contributed by atoms with Gasteiger partial charge >= 0.3 is 6.18 Å². The van der Waals surface area contributed by atoms with Crippen molar-refractivity contribution in [1.82, 2.24) is 14.8 Å². The quantitative estimate of drug-likeness (QED) is 0.925. The van der Waals surface area contributed by atoms with E-state index in [9.17, 15) is 18.0 Å². The number of carbonyl (C=O) groups excluding carboxylic acids is 1. The molecule has 4 nitrogen and oxygen atoms in total. The van der Waals surface area contributed by atoms with E-state index in [2.05, 4.69) is 5.32 Å². The molecule has 1 N–H and O–H groups in total. The van der Waals surface area contributed by atoms with Gasteiger partial charge in [0.2, 0.25) is 0 Å². The highest BCUT2D eigenvalue weighted by molar-refractivity contribution is 5.92. The Hall–Kier alpha value is -1.50. The summed E-state index contributed by atoms with van der Waals surface area (Å²) in [4.78, 5) is 14.1. The molecular formula is C14H20F3N3O. The largest absolute Gasteiger partial charge is 0.406 e. The van der Waals surface area contributed by atoms with E-state index >= 15 is 0 Å². The fourth-order valence-corrected chi connectivity index (χ4v) is 2.81. The molecule has 1 aliphatic heterocycles. The number of alkyl halides is 3. The number of nitrogens with zero attached hydrogens (tertiary/aromatic N) is 2. The Morgan fingerprint density at radius 1 is 1.48 bits per heavy atom. The van der Waals surface area contributed by atoms with E-state index in [1.165, 1.54) is 18.3 Å². The van der Waals surface area contributed by atoms with E-state index in [0.29, 0.717) is 19.0 Å². The molecule has 1 aliphatic rings. The van der Waals surface area contributed by atoms with Gasteiger partial charge in [-0.2, -0.15) is 13.2 Å². The third-order valence-electron chi connectivity index (χ3n) is 3.70. The molecule has 0 saturated carbocycles. The lowest BCUT2D eigenvalue weighted by molar-refractivity contribution is -0.140. The number of piperidine rings is 1. The number of likely N-dealkylation sites (tertiary alicyclic amines) is 1. The normalized spacial score (nSPS) is 19.8. The second-order valence-corrected chi connectivity index (χ2v) is 5.45. The van der Waals surface area contributed by atoms with Gasteiger partial charge in [-0.05, 0) is 44.5 Å². The van der Waals surface area contributed by atoms with Gasteiger partial charge in [0.1, 0.15) is 12.2 Å². The summed E-state index contributed by atoms with van der Waals surface area (Å²) in [5.74, 6) is 0.0452. The fourth-order valence-electron chi connectivity index (χ4n) is 2.81. The van der Waals surface area contributed by atoms with E-state index in [0.717, 1.165) is 24.0 Å². The number of carbonyl (C=O) groups is 1. The van der Waals surface area contributed by atoms with E-state index in [1.807, 2.05) is 7.05 Å². The van der Waals surface area contributed by atoms with Gasteiger partial charge in [-0.1, -0.05) is 0 Å². The molecule has 1 amide bonds. The van der Waals surface area contributed by atoms with Gasteiger partial charge < -0.3 is 14.8 Å². The number of halogens is 3. The molecule has 1 aromatic rings. The molecule has 118 valence electrons. The van der Waals surface area contributed by atoms with Crippen LogP contribution in [0.15, 0.2) is 18.3 Å². The van der Waals surface area contributed by atoms with E-state index in [-0.39, 0.29) is 11.6 Å². The first kappa shape index (κ1) is 15.9. The molecule has 1 atom stereocenters. The van der Waals surface area contributed by atoms with Crippen LogP contribution in [-0.4, -0.2) is 48.2 Å². The molecule has 1 fully saturated rings. The van der Waals surface area contributed by atoms with Gasteiger partial charge in [0.15, 0.2) is 0 Å². The molecule has 1 saturated heterocycles. The predicted molar refractivity (Wildman–Crippen MR) is 73.0 cm³/mol. The number of rotatable bonds is 4. The summed E-state index contributed by atoms with van der Waals surface area (Å²) in [5.41, 5.74) is 0.109. The molecule has 0 spiro atoms. The van der Waals surface area contributed by atoms with Crippen molar-refractivity contribution < 1.29 is 18.0 Å². The second kappa shape index (κ2) is 6.51. The van der Waals surface area contributed by atoms with Gasteiger partial charge in [0.25, 0.3) is 5.91 Å². The maximum absolute atomic E-state index is 12.5. The molecule has 1 unspecified atom stereocenters. The Morgan fingerprint density at radius 2 is 2.24 bits per heavy atom. The molecule has 2 heterocycles. The summed E-state index contributed by atoms with van der Waals surface area (Å²) in [6.07, 6.45) is -1.10. The lowest BCUT2D eigenvalue weighted by Crippen LogP contribution is -2.43. The molecule has 2 rings (SSSR count). The molecule has 0 aromatic carbocycles. The Balaban J connectivity index is 2.08. The molecule has 21 heavy (non-hydrogen) atoms. The maximum atomic E-state index is 12.5. The Bertz CT molecular complexity index is 482. The highest BCUT2D eigenvalue weighted by atomic mass is 19.4. The summed E-state index contributed by atoms with van der Waals surface area (Å²) in [5, 5.41) is 3.08. The minimum absolute atomic E-state index is 0.109. The van der Waals surface area contributed by atoms with E-state index < -0.39 is 12.7 Å². The predicted octanol–water partition coefficient (Wildman–Crippen LogP) is 2.12. The molecule has 7 heteroatoms. The van der Waals surface area contributed by atoms with Crippen LogP contribution in [0.25, 0.3) is 0 Å². The van der Waals surface area contributed by atoms with Crippen molar-refractivity contribution in [3.05, 3.63) is 24.0 Å². The highest BCUT2D eigenvalue weighted by Gasteiger charge is 2.31. The average Bonchev–Trinajstić information content (AvgIpc) is 2.84. The van der Waals surface area contributed by atoms with Crippen LogP contribution in [0.5, 0.6) is 0 Å². The lowest BCUT2D eigenvalue weighted by atomic mass is 9.98. The SMILES string of the molecule is CNCC1CCCN(C(=O)c2cccn2CC(F)(F)F)C1. The fraction of sp³-hybridized carbons (Fsp3) is 0.643. The first-order valence-corrected chi connectivity index (χ1v) is 7.06. The van der Waals surface area contributed by atoms with Crippen molar-refractivity contribution in [1.29, 1.82) is 0 Å². The molecule has 1 aromatic heterocycles. The molecule has 0 bridgehead atoms. The maximum Gasteiger partial charge on any atom is 0.406 e. The Labute approximate surface area is 121 Å². The Kier molecular flexibility index (Phi) is 4.92. The smallest absolute Gasteiger partial charge is 0.337 e. The Morgan fingerprint density at radius 3 is 2.90 bits per heavy atom. The lowest BCUT2D eigenvalue weighted by Gasteiger charge is -2.33. The van der Waals surface area contributed by atoms with Crippen LogP contribution < -0.4 is 5.32 Å². The second-order valence-electron chi connectivity index (χ2n) is 5.45. The third-order valence-corrected chi connectivity index (χ3v) is 3.70. The number of amides is 1. The van der Waals surface area contributed by atoms with Crippen LogP contribution in [0.3, 0.4) is 0 Å². The van der Waals surface area contributed by atoms with Crippen molar-refractivity contribution in [2.75, 3.05) is 26.7 Å². The first-order valence-electron chi connectivity index (χ1n) is 7.06. The van der Waals surface area contributed by atoms with Crippen LogP contribution >= 0.6 is 0 Å². The minimum atomic E-state index is -4.33. The molecule has 0 radical (unpaired) electrons. The zero-order valence-corrected chi connectivity index (χ0v) is 12.0. The van der Waals surface area contributed by atoms with Crippen molar-refractivity contribution >= 4 is 5.91 Å².